The van der Waals surface area contributed by atoms with Gasteiger partial charge in [0.05, 0.1) is 6.61 Å². The van der Waals surface area contributed by atoms with Crippen molar-refractivity contribution in [3.8, 4) is 0 Å². The molecule has 0 atom stereocenters. The summed E-state index contributed by atoms with van der Waals surface area (Å²) in [4.78, 5) is 14.2. The second-order valence-electron chi connectivity index (χ2n) is 5.73. The van der Waals surface area contributed by atoms with Gasteiger partial charge in [0.1, 0.15) is 6.61 Å². The lowest BCUT2D eigenvalue weighted by Gasteiger charge is -2.20. The monoisotopic (exact) mass is 329 g/mol. The molecular weight excluding hydrogens is 310 g/mol. The SMILES string of the molecule is O=C(COCc1ccccc1Cl)N1CCc2ccccc2CC1. The van der Waals surface area contributed by atoms with Crippen molar-refractivity contribution in [2.24, 2.45) is 0 Å². The van der Waals surface area contributed by atoms with Gasteiger partial charge in [0, 0.05) is 18.1 Å². The quantitative estimate of drug-likeness (QED) is 0.859. The van der Waals surface area contributed by atoms with E-state index in [1.807, 2.05) is 29.2 Å². The predicted molar refractivity (Wildman–Crippen MR) is 91.5 cm³/mol. The van der Waals surface area contributed by atoms with Gasteiger partial charge in [-0.05, 0) is 35.6 Å². The Bertz CT molecular complexity index is 660. The topological polar surface area (TPSA) is 29.5 Å². The van der Waals surface area contributed by atoms with Gasteiger partial charge in [-0.25, -0.2) is 0 Å². The number of carbonyl (C=O) groups is 1. The standard InChI is InChI=1S/C19H20ClNO2/c20-18-8-4-3-7-17(18)13-23-14-19(22)21-11-9-15-5-1-2-6-16(15)10-12-21/h1-8H,9-14H2. The van der Waals surface area contributed by atoms with E-state index in [1.54, 1.807) is 0 Å². The Morgan fingerprint density at radius 2 is 1.61 bits per heavy atom. The highest BCUT2D eigenvalue weighted by Crippen LogP contribution is 2.17. The zero-order valence-corrected chi connectivity index (χ0v) is 13.8. The van der Waals surface area contributed by atoms with Crippen LogP contribution in [0.1, 0.15) is 16.7 Å². The molecule has 0 bridgehead atoms. The molecule has 0 fully saturated rings. The van der Waals surface area contributed by atoms with Crippen LogP contribution in [-0.2, 0) is 29.0 Å². The van der Waals surface area contributed by atoms with Crippen LogP contribution in [0.25, 0.3) is 0 Å². The number of hydrogen-bond donors (Lipinski definition) is 0. The summed E-state index contributed by atoms with van der Waals surface area (Å²) < 4.78 is 5.56. The first kappa shape index (κ1) is 16.0. The van der Waals surface area contributed by atoms with Crippen LogP contribution in [0, 0.1) is 0 Å². The van der Waals surface area contributed by atoms with Crippen molar-refractivity contribution in [2.45, 2.75) is 19.4 Å². The minimum absolute atomic E-state index is 0.0462. The Hall–Kier alpha value is -1.84. The number of hydrogen-bond acceptors (Lipinski definition) is 2. The lowest BCUT2D eigenvalue weighted by atomic mass is 10.0. The Morgan fingerprint density at radius 1 is 1.00 bits per heavy atom. The van der Waals surface area contributed by atoms with Gasteiger partial charge in [-0.2, -0.15) is 0 Å². The molecular formula is C19H20ClNO2. The second kappa shape index (κ2) is 7.62. The molecule has 0 radical (unpaired) electrons. The van der Waals surface area contributed by atoms with Crippen molar-refractivity contribution in [3.05, 3.63) is 70.2 Å². The van der Waals surface area contributed by atoms with Crippen molar-refractivity contribution in [1.29, 1.82) is 0 Å². The molecule has 1 heterocycles. The Balaban J connectivity index is 1.50. The highest BCUT2D eigenvalue weighted by molar-refractivity contribution is 6.31. The molecule has 4 heteroatoms. The van der Waals surface area contributed by atoms with Crippen molar-refractivity contribution < 1.29 is 9.53 Å². The van der Waals surface area contributed by atoms with Gasteiger partial charge >= 0.3 is 0 Å². The Labute approximate surface area is 141 Å². The maximum Gasteiger partial charge on any atom is 0.248 e. The summed E-state index contributed by atoms with van der Waals surface area (Å²) >= 11 is 6.09. The number of halogens is 1. The van der Waals surface area contributed by atoms with Crippen LogP contribution in [0.2, 0.25) is 5.02 Å². The van der Waals surface area contributed by atoms with Crippen LogP contribution in [0.5, 0.6) is 0 Å². The molecule has 0 aliphatic carbocycles. The van der Waals surface area contributed by atoms with Crippen molar-refractivity contribution >= 4 is 17.5 Å². The van der Waals surface area contributed by atoms with Crippen LogP contribution in [-0.4, -0.2) is 30.5 Å². The van der Waals surface area contributed by atoms with E-state index in [1.165, 1.54) is 11.1 Å². The summed E-state index contributed by atoms with van der Waals surface area (Å²) in [5.74, 6) is 0.0462. The molecule has 120 valence electrons. The number of carbonyl (C=O) groups excluding carboxylic acids is 1. The van der Waals surface area contributed by atoms with Crippen molar-refractivity contribution in [1.82, 2.24) is 4.90 Å². The number of fused-ring (bicyclic) bond motifs is 1. The molecule has 1 amide bonds. The lowest BCUT2D eigenvalue weighted by molar-refractivity contribution is -0.136. The lowest BCUT2D eigenvalue weighted by Crippen LogP contribution is -2.36. The first-order valence-electron chi connectivity index (χ1n) is 7.90. The van der Waals surface area contributed by atoms with Crippen molar-refractivity contribution in [2.75, 3.05) is 19.7 Å². The molecule has 2 aromatic rings. The molecule has 0 spiro atoms. The summed E-state index contributed by atoms with van der Waals surface area (Å²) in [6.07, 6.45) is 1.82. The van der Waals surface area contributed by atoms with E-state index in [-0.39, 0.29) is 12.5 Å². The highest BCUT2D eigenvalue weighted by atomic mass is 35.5. The molecule has 0 unspecified atom stereocenters. The van der Waals surface area contributed by atoms with Crippen LogP contribution in [0.3, 0.4) is 0 Å². The fraction of sp³-hybridized carbons (Fsp3) is 0.316. The third-order valence-electron chi connectivity index (χ3n) is 4.21. The van der Waals surface area contributed by atoms with E-state index < -0.39 is 0 Å². The first-order chi connectivity index (χ1) is 11.2. The number of nitrogens with zero attached hydrogens (tertiary/aromatic N) is 1. The number of benzene rings is 2. The molecule has 3 nitrogen and oxygen atoms in total. The zero-order chi connectivity index (χ0) is 16.1. The second-order valence-corrected chi connectivity index (χ2v) is 6.14. The molecule has 0 saturated heterocycles. The van der Waals surface area contributed by atoms with E-state index in [4.69, 9.17) is 16.3 Å². The maximum atomic E-state index is 12.3. The van der Waals surface area contributed by atoms with E-state index in [9.17, 15) is 4.79 Å². The van der Waals surface area contributed by atoms with Crippen LogP contribution in [0.4, 0.5) is 0 Å². The molecule has 0 N–H and O–H groups in total. The van der Waals surface area contributed by atoms with Gasteiger partial charge in [0.15, 0.2) is 0 Å². The summed E-state index contributed by atoms with van der Waals surface area (Å²) in [6.45, 7) is 1.97. The third-order valence-corrected chi connectivity index (χ3v) is 4.58. The highest BCUT2D eigenvalue weighted by Gasteiger charge is 2.18. The maximum absolute atomic E-state index is 12.3. The van der Waals surface area contributed by atoms with Gasteiger partial charge in [0.2, 0.25) is 5.91 Å². The van der Waals surface area contributed by atoms with Crippen LogP contribution >= 0.6 is 11.6 Å². The molecule has 2 aromatic carbocycles. The van der Waals surface area contributed by atoms with Crippen molar-refractivity contribution in [3.63, 3.8) is 0 Å². The Morgan fingerprint density at radius 3 is 2.26 bits per heavy atom. The van der Waals surface area contributed by atoms with Gasteiger partial charge in [-0.15, -0.1) is 0 Å². The largest absolute Gasteiger partial charge is 0.367 e. The average Bonchev–Trinajstić information content (AvgIpc) is 2.79. The van der Waals surface area contributed by atoms with E-state index in [2.05, 4.69) is 24.3 Å². The summed E-state index contributed by atoms with van der Waals surface area (Å²) in [5, 5.41) is 0.671. The van der Waals surface area contributed by atoms with Gasteiger partial charge < -0.3 is 9.64 Å². The molecule has 1 aliphatic heterocycles. The minimum Gasteiger partial charge on any atom is -0.367 e. The van der Waals surface area contributed by atoms with Gasteiger partial charge in [-0.3, -0.25) is 4.79 Å². The van der Waals surface area contributed by atoms with Gasteiger partial charge in [-0.1, -0.05) is 54.1 Å². The zero-order valence-electron chi connectivity index (χ0n) is 13.0. The smallest absolute Gasteiger partial charge is 0.248 e. The van der Waals surface area contributed by atoms with E-state index in [0.717, 1.165) is 31.5 Å². The van der Waals surface area contributed by atoms with E-state index >= 15 is 0 Å². The fourth-order valence-corrected chi connectivity index (χ4v) is 3.06. The van der Waals surface area contributed by atoms with Crippen LogP contribution < -0.4 is 0 Å². The molecule has 23 heavy (non-hydrogen) atoms. The van der Waals surface area contributed by atoms with Gasteiger partial charge in [0.25, 0.3) is 0 Å². The summed E-state index contributed by atoms with van der Waals surface area (Å²) in [6, 6.07) is 16.0. The number of ether oxygens (including phenoxy) is 1. The predicted octanol–water partition coefficient (Wildman–Crippen LogP) is 3.48. The summed E-state index contributed by atoms with van der Waals surface area (Å²) in [7, 11) is 0. The summed E-state index contributed by atoms with van der Waals surface area (Å²) in [5.41, 5.74) is 3.60. The Kier molecular flexibility index (Phi) is 5.31. The average molecular weight is 330 g/mol. The fourth-order valence-electron chi connectivity index (χ4n) is 2.87. The first-order valence-corrected chi connectivity index (χ1v) is 8.27. The molecule has 0 aromatic heterocycles. The van der Waals surface area contributed by atoms with Crippen LogP contribution in [0.15, 0.2) is 48.5 Å². The molecule has 1 aliphatic rings. The number of rotatable bonds is 4. The minimum atomic E-state index is 0.0462. The third kappa shape index (κ3) is 4.12. The normalized spacial score (nSPS) is 14.2. The number of amides is 1. The van der Waals surface area contributed by atoms with E-state index in [0.29, 0.717) is 11.6 Å². The molecule has 0 saturated carbocycles. The molecule has 3 rings (SSSR count).